The summed E-state index contributed by atoms with van der Waals surface area (Å²) in [7, 11) is 0. The van der Waals surface area contributed by atoms with Crippen LogP contribution >= 0.6 is 0 Å². The van der Waals surface area contributed by atoms with Gasteiger partial charge in [-0.3, -0.25) is 33.6 Å². The molecule has 4 aromatic carbocycles. The van der Waals surface area contributed by atoms with Gasteiger partial charge in [0.25, 0.3) is 0 Å². The van der Waals surface area contributed by atoms with Crippen molar-refractivity contribution < 1.29 is 43.8 Å². The minimum Gasteiger partial charge on any atom is -0.392 e. The first-order chi connectivity index (χ1) is 48.5. The molecule has 0 fully saturated rings. The number of rotatable bonds is 38. The van der Waals surface area contributed by atoms with Crippen LogP contribution in [0.2, 0.25) is 0 Å². The fourth-order valence-corrected chi connectivity index (χ4v) is 13.6. The number of hydrazone groups is 1. The Bertz CT molecular complexity index is 4170. The maximum absolute atomic E-state index is 14.9. The molecule has 2 aromatic heterocycles. The van der Waals surface area contributed by atoms with E-state index in [1.165, 1.54) is 13.8 Å². The third-order valence-corrected chi connectivity index (χ3v) is 19.8. The molecule has 0 saturated heterocycles. The average molecular weight is 1440 g/mol. The first-order valence-corrected chi connectivity index (χ1v) is 35.7. The number of para-hydroxylation sites is 2. The van der Waals surface area contributed by atoms with Gasteiger partial charge in [-0.05, 0) is 147 Å². The third kappa shape index (κ3) is 23.8. The lowest BCUT2D eigenvalue weighted by atomic mass is 9.59. The molecule has 566 valence electrons. The van der Waals surface area contributed by atoms with E-state index in [0.29, 0.717) is 73.4 Å². The van der Waals surface area contributed by atoms with Gasteiger partial charge >= 0.3 is 0 Å². The lowest BCUT2D eigenvalue weighted by molar-refractivity contribution is -0.140. The van der Waals surface area contributed by atoms with Gasteiger partial charge in [-0.15, -0.1) is 0 Å². The number of aryl methyl sites for hydroxylation is 2. The highest BCUT2D eigenvalue weighted by molar-refractivity contribution is 6.06. The zero-order valence-electron chi connectivity index (χ0n) is 61.1. The maximum atomic E-state index is 14.9. The fraction of sp³-hybridized carbons (Fsp3) is 0.518. The number of nitrogen functional groups attached to an aromatic ring is 1. The van der Waals surface area contributed by atoms with E-state index in [4.69, 9.17) is 10.7 Å². The van der Waals surface area contributed by atoms with Crippen molar-refractivity contribution in [1.82, 2.24) is 41.2 Å². The Labute approximate surface area is 622 Å². The van der Waals surface area contributed by atoms with E-state index in [2.05, 4.69) is 96.5 Å². The zero-order chi connectivity index (χ0) is 74.4. The number of pyridine rings is 1. The monoisotopic (exact) mass is 1440 g/mol. The molecule has 6 amide bonds. The summed E-state index contributed by atoms with van der Waals surface area (Å²) in [5, 5.41) is 58.6. The molecule has 105 heavy (non-hydrogen) atoms. The van der Waals surface area contributed by atoms with Crippen LogP contribution < -0.4 is 37.3 Å². The summed E-state index contributed by atoms with van der Waals surface area (Å²) in [6.07, 6.45) is 2.25. The number of fused-ring (bicyclic) bond motifs is 5. The topological polar surface area (TPSA) is 340 Å². The van der Waals surface area contributed by atoms with Gasteiger partial charge in [-0.25, -0.2) is 15.4 Å². The maximum Gasteiger partial charge on any atom is 0.240 e. The molecule has 3 heterocycles. The van der Waals surface area contributed by atoms with E-state index in [1.807, 2.05) is 72.8 Å². The molecule has 9 N–H and O–H groups in total. The van der Waals surface area contributed by atoms with Crippen LogP contribution in [0, 0.1) is 61.6 Å². The first kappa shape index (κ1) is 87.6. The van der Waals surface area contributed by atoms with Gasteiger partial charge in [0.05, 0.1) is 63.9 Å². The number of amides is 6. The quantitative estimate of drug-likeness (QED) is 0.00773. The van der Waals surface area contributed by atoms with Gasteiger partial charge in [-0.1, -0.05) is 141 Å². The largest absolute Gasteiger partial charge is 0.392 e. The minimum atomic E-state index is -1.51. The summed E-state index contributed by atoms with van der Waals surface area (Å²) >= 11 is 0. The normalized spacial score (nSPS) is 14.6. The molecule has 6 atom stereocenters. The van der Waals surface area contributed by atoms with Crippen LogP contribution in [0.15, 0.2) is 102 Å². The summed E-state index contributed by atoms with van der Waals surface area (Å²) < 4.78 is 2.21. The molecule has 1 aliphatic heterocycles. The third-order valence-electron chi connectivity index (χ3n) is 19.8. The second-order valence-corrected chi connectivity index (χ2v) is 29.2. The Morgan fingerprint density at radius 2 is 1.27 bits per heavy atom. The number of benzene rings is 4. The zero-order valence-corrected chi connectivity index (χ0v) is 61.1. The molecule has 22 heteroatoms. The molecule has 22 nitrogen and oxygen atoms in total. The number of nitrogens with zero attached hydrogens (tertiary/aromatic N) is 7. The molecule has 6 aromatic rings. The van der Waals surface area contributed by atoms with E-state index in [1.54, 1.807) is 53.4 Å². The highest BCUT2D eigenvalue weighted by Gasteiger charge is 2.52. The number of unbranched alkanes of at least 4 members (excludes halogenated alkanes) is 2. The minimum absolute atomic E-state index is 0. The summed E-state index contributed by atoms with van der Waals surface area (Å²) in [4.78, 5) is 108. The number of aromatic nitrogens is 3. The predicted octanol–water partition coefficient (Wildman–Crippen LogP) is 12.4. The highest BCUT2D eigenvalue weighted by Crippen LogP contribution is 2.50. The SMILES string of the molecule is C.C.C.CCc1nc2c(N)nc3ccccc3c2n1Cc1ccc(CCC(=O)CCC(C)=NNC(=O)CCCCCNC(=O)C(C)(CCCC(C)(C(=O)NCC(C)O)C(C)(C#N)CCC(=O)NCCC(=O)N2Cc3ccccc3C#Cc3ccccc32)CC(C)(CC(C)(C)C#N)C(=O)NCC(C)O)cc1. The van der Waals surface area contributed by atoms with Crippen LogP contribution in [0.5, 0.6) is 0 Å². The Morgan fingerprint density at radius 1 is 0.638 bits per heavy atom. The van der Waals surface area contributed by atoms with Crippen LogP contribution in [0.4, 0.5) is 11.5 Å². The van der Waals surface area contributed by atoms with Gasteiger partial charge < -0.3 is 46.7 Å². The van der Waals surface area contributed by atoms with Gasteiger partial charge in [0, 0.05) is 104 Å². The smallest absolute Gasteiger partial charge is 0.240 e. The van der Waals surface area contributed by atoms with Crippen LogP contribution in [-0.4, -0.2) is 110 Å². The predicted molar refractivity (Wildman–Crippen MR) is 417 cm³/mol. The van der Waals surface area contributed by atoms with Crippen molar-refractivity contribution in [2.24, 2.45) is 32.2 Å². The molecule has 1 aliphatic rings. The lowest BCUT2D eigenvalue weighted by Crippen LogP contribution is -2.51. The summed E-state index contributed by atoms with van der Waals surface area (Å²) in [6.45, 7) is 17.9. The Hall–Kier alpha value is -9.82. The van der Waals surface area contributed by atoms with Crippen LogP contribution in [0.3, 0.4) is 0 Å². The fourth-order valence-electron chi connectivity index (χ4n) is 13.6. The first-order valence-electron chi connectivity index (χ1n) is 35.7. The van der Waals surface area contributed by atoms with Crippen LogP contribution in [0.1, 0.15) is 221 Å². The molecule has 0 radical (unpaired) electrons. The Balaban J connectivity index is 0.00000778. The van der Waals surface area contributed by atoms with Gasteiger partial charge in [0.2, 0.25) is 35.4 Å². The lowest BCUT2D eigenvalue weighted by Gasteiger charge is -2.43. The number of aliphatic hydroxyl groups is 2. The summed E-state index contributed by atoms with van der Waals surface area (Å²) in [5.41, 5.74) is 10.6. The van der Waals surface area contributed by atoms with E-state index >= 15 is 0 Å². The van der Waals surface area contributed by atoms with Gasteiger partial charge in [0.15, 0.2) is 5.82 Å². The van der Waals surface area contributed by atoms with Gasteiger partial charge in [0.1, 0.15) is 17.1 Å². The molecular formula is C83H115N13O9. The summed E-state index contributed by atoms with van der Waals surface area (Å²) in [5.74, 6) is 5.46. The van der Waals surface area contributed by atoms with Crippen molar-refractivity contribution in [3.63, 3.8) is 0 Å². The van der Waals surface area contributed by atoms with Crippen molar-refractivity contribution in [3.8, 4) is 24.0 Å². The summed E-state index contributed by atoms with van der Waals surface area (Å²) in [6, 6.07) is 35.9. The number of ketones is 1. The molecule has 0 saturated carbocycles. The van der Waals surface area contributed by atoms with Crippen molar-refractivity contribution in [2.75, 3.05) is 36.8 Å². The molecule has 0 aliphatic carbocycles. The van der Waals surface area contributed by atoms with Crippen molar-refractivity contribution >= 4 is 80.4 Å². The Morgan fingerprint density at radius 3 is 1.94 bits per heavy atom. The standard InChI is InChI=1S/C80H103N13O9.3CH4/c1-11-66-89-70-71(63-25-17-18-26-64(63)88-72(70)83)93(66)48-58-32-30-57(31-33-58)34-38-62(96)37-29-54(2)90-91-68(98)28-13-12-20-44-85-73(100)77(7,51-78(8,50-76(5,6)52-81)74(101)86-46-55(3)94)41-21-42-80(10,75(102)87-47-56(4)95)79(9,53-82)43-39-67(97)84-45-40-69(99)92-49-61-24-15-14-22-59(61)35-36-60-23-16-19-27-65(60)92;;;/h14-19,22-27,30-33,55-56,94-95H,11-13,20-21,28-29,34,37-51H2,1-10H3,(H2,83,88)(H,84,97)(H,85,100)(H,86,101)(H,87,102)(H,91,98);3*1H4. The molecule has 0 bridgehead atoms. The number of hydrogen-bond donors (Lipinski definition) is 8. The number of anilines is 2. The Kier molecular flexibility index (Phi) is 33.3. The molecule has 7 rings (SSSR count). The van der Waals surface area contributed by atoms with E-state index in [-0.39, 0.29) is 137 Å². The number of carbonyl (C=O) groups is 7. The second kappa shape index (κ2) is 39.9. The van der Waals surface area contributed by atoms with Crippen molar-refractivity contribution in [3.05, 3.63) is 131 Å². The van der Waals surface area contributed by atoms with Crippen LogP contribution in [0.25, 0.3) is 21.9 Å². The number of nitriles is 2. The number of carbonyl (C=O) groups excluding carboxylic acids is 7. The molecule has 6 unspecified atom stereocenters. The molecular weight excluding hydrogens is 1320 g/mol. The number of aliphatic hydroxyl groups excluding tert-OH is 2. The van der Waals surface area contributed by atoms with Crippen molar-refractivity contribution in [1.29, 1.82) is 10.5 Å². The van der Waals surface area contributed by atoms with E-state index in [9.17, 15) is 54.3 Å². The number of imidazole rings is 1. The molecule has 0 spiro atoms. The average Bonchev–Trinajstić information content (AvgIpc) is 1.65. The van der Waals surface area contributed by atoms with Crippen molar-refractivity contribution in [2.45, 2.75) is 226 Å². The second-order valence-electron chi connectivity index (χ2n) is 29.2. The number of Topliss-reactive ketones (excluding diaryl/α,β-unsaturated/α-hetero) is 1. The van der Waals surface area contributed by atoms with Gasteiger partial charge in [-0.2, -0.15) is 15.6 Å². The van der Waals surface area contributed by atoms with Crippen LogP contribution in [-0.2, 0) is 59.5 Å². The number of nitrogens with one attached hydrogen (secondary N) is 5. The highest BCUT2D eigenvalue weighted by atomic mass is 16.3. The van der Waals surface area contributed by atoms with E-state index in [0.717, 1.165) is 50.9 Å². The van der Waals surface area contributed by atoms with E-state index < -0.39 is 62.9 Å². The number of hydrogen-bond acceptors (Lipinski definition) is 15. The number of nitrogens with two attached hydrogens (primary N) is 1.